The second kappa shape index (κ2) is 12.8. The molecular weight excluding hydrogens is 559 g/mol. The minimum atomic E-state index is -5.19. The Morgan fingerprint density at radius 2 is 1.66 bits per heavy atom. The van der Waals surface area contributed by atoms with Gasteiger partial charge in [0, 0.05) is 48.0 Å². The molecular formula is C30H39ClF3N3O4. The van der Waals surface area contributed by atoms with Crippen LogP contribution in [-0.2, 0) is 10.4 Å². The summed E-state index contributed by atoms with van der Waals surface area (Å²) >= 11 is 6.27. The third kappa shape index (κ3) is 7.10. The molecule has 1 amide bonds. The zero-order chi connectivity index (χ0) is 29.9. The Morgan fingerprint density at radius 3 is 2.20 bits per heavy atom. The number of rotatable bonds is 8. The predicted octanol–water partition coefficient (Wildman–Crippen LogP) is 5.37. The highest BCUT2D eigenvalue weighted by Crippen LogP contribution is 2.42. The Balaban J connectivity index is 1.33. The average molecular weight is 598 g/mol. The molecule has 41 heavy (non-hydrogen) atoms. The Labute approximate surface area is 244 Å². The number of nitrogens with zero attached hydrogens (tertiary/aromatic N) is 2. The standard InChI is InChI=1S/C30H39ClF3N3O4/c1-19(2)41-24-5-3-4-22(17-24)29(40,30(32,33)34)28(39)37-14-10-21(11-15-37)16-20-8-12-36(13-9-20)23-6-7-25(27(35)38)26(31)18-23/h3-7,17-21,27,38,40H,8-16,35H2,1-2H3. The van der Waals surface area contributed by atoms with E-state index in [4.69, 9.17) is 22.1 Å². The molecule has 2 aromatic carbocycles. The molecule has 0 saturated carbocycles. The van der Waals surface area contributed by atoms with Gasteiger partial charge in [0.05, 0.1) is 6.10 Å². The van der Waals surface area contributed by atoms with Crippen LogP contribution in [0.5, 0.6) is 5.75 Å². The van der Waals surface area contributed by atoms with Crippen LogP contribution in [0.2, 0.25) is 5.02 Å². The van der Waals surface area contributed by atoms with E-state index in [0.717, 1.165) is 55.1 Å². The van der Waals surface area contributed by atoms with Crippen molar-refractivity contribution in [2.75, 3.05) is 31.1 Å². The van der Waals surface area contributed by atoms with Gasteiger partial charge in [0.25, 0.3) is 11.5 Å². The fraction of sp³-hybridized carbons (Fsp3) is 0.567. The topological polar surface area (TPSA) is 99.3 Å². The summed E-state index contributed by atoms with van der Waals surface area (Å²) in [6.45, 7) is 5.51. The van der Waals surface area contributed by atoms with Crippen molar-refractivity contribution >= 4 is 23.2 Å². The van der Waals surface area contributed by atoms with Gasteiger partial charge in [-0.1, -0.05) is 29.8 Å². The number of carbonyl (C=O) groups is 1. The van der Waals surface area contributed by atoms with Crippen LogP contribution in [-0.4, -0.2) is 59.5 Å². The van der Waals surface area contributed by atoms with Gasteiger partial charge >= 0.3 is 6.18 Å². The first-order valence-electron chi connectivity index (χ1n) is 14.1. The zero-order valence-corrected chi connectivity index (χ0v) is 24.2. The molecule has 0 bridgehead atoms. The first-order chi connectivity index (χ1) is 19.3. The van der Waals surface area contributed by atoms with E-state index in [1.807, 2.05) is 12.1 Å². The maximum absolute atomic E-state index is 14.2. The van der Waals surface area contributed by atoms with Crippen molar-refractivity contribution in [1.82, 2.24) is 4.90 Å². The van der Waals surface area contributed by atoms with Gasteiger partial charge in [-0.25, -0.2) is 0 Å². The normalized spacial score (nSPS) is 19.8. The molecule has 2 unspecified atom stereocenters. The number of hydrogen-bond donors (Lipinski definition) is 3. The monoisotopic (exact) mass is 597 g/mol. The van der Waals surface area contributed by atoms with Gasteiger partial charge in [0.2, 0.25) is 0 Å². The molecule has 2 aliphatic rings. The number of aliphatic hydroxyl groups is 2. The molecule has 2 aromatic rings. The van der Waals surface area contributed by atoms with Crippen LogP contribution in [0.15, 0.2) is 42.5 Å². The molecule has 0 aromatic heterocycles. The molecule has 11 heteroatoms. The molecule has 2 atom stereocenters. The van der Waals surface area contributed by atoms with E-state index in [0.29, 0.717) is 35.3 Å². The van der Waals surface area contributed by atoms with Crippen molar-refractivity contribution in [3.8, 4) is 5.75 Å². The number of ether oxygens (including phenoxy) is 1. The molecule has 2 fully saturated rings. The lowest BCUT2D eigenvalue weighted by Crippen LogP contribution is -2.57. The summed E-state index contributed by atoms with van der Waals surface area (Å²) in [6.07, 6.45) is -2.51. The predicted molar refractivity (Wildman–Crippen MR) is 152 cm³/mol. The molecule has 226 valence electrons. The minimum Gasteiger partial charge on any atom is -0.491 e. The molecule has 4 N–H and O–H groups in total. The van der Waals surface area contributed by atoms with Crippen molar-refractivity contribution in [3.63, 3.8) is 0 Å². The average Bonchev–Trinajstić information content (AvgIpc) is 2.92. The molecule has 7 nitrogen and oxygen atoms in total. The molecule has 2 aliphatic heterocycles. The highest BCUT2D eigenvalue weighted by Gasteiger charge is 2.62. The van der Waals surface area contributed by atoms with Gasteiger partial charge in [0.1, 0.15) is 12.0 Å². The highest BCUT2D eigenvalue weighted by molar-refractivity contribution is 6.31. The Morgan fingerprint density at radius 1 is 1.05 bits per heavy atom. The molecule has 0 spiro atoms. The van der Waals surface area contributed by atoms with E-state index in [-0.39, 0.29) is 24.9 Å². The van der Waals surface area contributed by atoms with E-state index in [1.165, 1.54) is 12.1 Å². The second-order valence-electron chi connectivity index (χ2n) is 11.5. The number of amides is 1. The maximum Gasteiger partial charge on any atom is 0.430 e. The SMILES string of the molecule is CC(C)Oc1cccc(C(O)(C(=O)N2CCC(CC3CCN(c4ccc(C(N)O)c(Cl)c4)CC3)CC2)C(F)(F)F)c1. The summed E-state index contributed by atoms with van der Waals surface area (Å²) in [5.41, 5.74) is 2.80. The number of alkyl halides is 3. The van der Waals surface area contributed by atoms with Gasteiger partial charge < -0.3 is 30.5 Å². The van der Waals surface area contributed by atoms with Gasteiger partial charge in [-0.2, -0.15) is 13.2 Å². The largest absolute Gasteiger partial charge is 0.491 e. The fourth-order valence-electron chi connectivity index (χ4n) is 5.93. The first kappa shape index (κ1) is 31.4. The minimum absolute atomic E-state index is 0.159. The number of halogens is 4. The summed E-state index contributed by atoms with van der Waals surface area (Å²) < 4.78 is 48.2. The number of hydrogen-bond acceptors (Lipinski definition) is 6. The first-order valence-corrected chi connectivity index (χ1v) is 14.5. The molecule has 0 aliphatic carbocycles. The Hall–Kier alpha value is -2.53. The summed E-state index contributed by atoms with van der Waals surface area (Å²) in [6, 6.07) is 10.5. The summed E-state index contributed by atoms with van der Waals surface area (Å²) in [7, 11) is 0. The number of benzene rings is 2. The van der Waals surface area contributed by atoms with Crippen molar-refractivity contribution in [3.05, 3.63) is 58.6 Å². The van der Waals surface area contributed by atoms with E-state index in [2.05, 4.69) is 4.90 Å². The van der Waals surface area contributed by atoms with Crippen LogP contribution in [0.3, 0.4) is 0 Å². The van der Waals surface area contributed by atoms with Crippen molar-refractivity contribution in [1.29, 1.82) is 0 Å². The second-order valence-corrected chi connectivity index (χ2v) is 11.9. The van der Waals surface area contributed by atoms with Crippen molar-refractivity contribution in [2.45, 2.75) is 70.1 Å². The number of aliphatic hydroxyl groups excluding tert-OH is 1. The molecule has 0 radical (unpaired) electrons. The number of piperidine rings is 2. The van der Waals surface area contributed by atoms with E-state index >= 15 is 0 Å². The lowest BCUT2D eigenvalue weighted by molar-refractivity contribution is -0.262. The zero-order valence-electron chi connectivity index (χ0n) is 23.4. The lowest BCUT2D eigenvalue weighted by Gasteiger charge is -2.40. The van der Waals surface area contributed by atoms with Crippen LogP contribution in [0.25, 0.3) is 0 Å². The molecule has 4 rings (SSSR count). The Kier molecular flexibility index (Phi) is 9.78. The van der Waals surface area contributed by atoms with Gasteiger partial charge in [-0.3, -0.25) is 4.79 Å². The third-order valence-corrected chi connectivity index (χ3v) is 8.52. The summed E-state index contributed by atoms with van der Waals surface area (Å²) in [4.78, 5) is 16.6. The number of carbonyl (C=O) groups excluding carboxylic acids is 1. The smallest absolute Gasteiger partial charge is 0.430 e. The van der Waals surface area contributed by atoms with Gasteiger partial charge in [-0.15, -0.1) is 0 Å². The van der Waals surface area contributed by atoms with E-state index < -0.39 is 29.5 Å². The number of nitrogens with two attached hydrogens (primary N) is 1. The summed E-state index contributed by atoms with van der Waals surface area (Å²) in [5.74, 6) is -0.399. The van der Waals surface area contributed by atoms with Crippen LogP contribution in [0.4, 0.5) is 18.9 Å². The van der Waals surface area contributed by atoms with Crippen LogP contribution in [0.1, 0.15) is 63.3 Å². The van der Waals surface area contributed by atoms with Crippen LogP contribution < -0.4 is 15.4 Å². The van der Waals surface area contributed by atoms with Crippen LogP contribution >= 0.6 is 11.6 Å². The quantitative estimate of drug-likeness (QED) is 0.354. The summed E-state index contributed by atoms with van der Waals surface area (Å²) in [5, 5.41) is 20.9. The Bertz CT molecular complexity index is 1200. The maximum atomic E-state index is 14.2. The van der Waals surface area contributed by atoms with Crippen molar-refractivity contribution < 1.29 is 32.9 Å². The van der Waals surface area contributed by atoms with Crippen molar-refractivity contribution in [2.24, 2.45) is 17.6 Å². The van der Waals surface area contributed by atoms with Gasteiger partial charge in [-0.05, 0) is 82.1 Å². The third-order valence-electron chi connectivity index (χ3n) is 8.19. The van der Waals surface area contributed by atoms with E-state index in [1.54, 1.807) is 19.9 Å². The lowest BCUT2D eigenvalue weighted by atomic mass is 9.82. The van der Waals surface area contributed by atoms with E-state index in [9.17, 15) is 28.2 Å². The molecule has 2 heterocycles. The highest BCUT2D eigenvalue weighted by atomic mass is 35.5. The number of likely N-dealkylation sites (tertiary alicyclic amines) is 1. The van der Waals surface area contributed by atoms with Gasteiger partial charge in [0.15, 0.2) is 0 Å². The number of anilines is 1. The molecule has 2 saturated heterocycles. The fourth-order valence-corrected chi connectivity index (χ4v) is 6.21. The van der Waals surface area contributed by atoms with Crippen LogP contribution in [0, 0.1) is 11.8 Å².